The Kier molecular flexibility index (Phi) is 7.49. The van der Waals surface area contributed by atoms with Crippen LogP contribution >= 0.6 is 11.6 Å². The van der Waals surface area contributed by atoms with E-state index in [4.69, 9.17) is 11.6 Å². The number of hydrogen-bond acceptors (Lipinski definition) is 5. The van der Waals surface area contributed by atoms with E-state index in [1.807, 2.05) is 49.4 Å². The van der Waals surface area contributed by atoms with Crippen molar-refractivity contribution < 1.29 is 9.59 Å². The number of anilines is 1. The summed E-state index contributed by atoms with van der Waals surface area (Å²) in [7, 11) is 0. The minimum absolute atomic E-state index is 0.0450. The topological polar surface area (TPSA) is 99.8 Å². The van der Waals surface area contributed by atoms with Crippen molar-refractivity contribution >= 4 is 29.1 Å². The number of halogens is 1. The van der Waals surface area contributed by atoms with E-state index in [1.165, 1.54) is 0 Å². The van der Waals surface area contributed by atoms with Gasteiger partial charge >= 0.3 is 0 Å². The molecule has 0 radical (unpaired) electrons. The van der Waals surface area contributed by atoms with Crippen molar-refractivity contribution in [2.24, 2.45) is 0 Å². The Hall–Kier alpha value is -4.41. The van der Waals surface area contributed by atoms with E-state index in [0.29, 0.717) is 41.6 Å². The van der Waals surface area contributed by atoms with Crippen LogP contribution in [0.25, 0.3) is 5.69 Å². The van der Waals surface area contributed by atoms with Crippen molar-refractivity contribution in [3.05, 3.63) is 112 Å². The second-order valence-corrected chi connectivity index (χ2v) is 10.2. The molecule has 0 aliphatic heterocycles. The van der Waals surface area contributed by atoms with Crippen LogP contribution in [-0.4, -0.2) is 34.6 Å². The van der Waals surface area contributed by atoms with E-state index < -0.39 is 5.41 Å². The highest BCUT2D eigenvalue weighted by atomic mass is 35.5. The summed E-state index contributed by atoms with van der Waals surface area (Å²) in [6.07, 6.45) is 2.32. The van der Waals surface area contributed by atoms with Gasteiger partial charge in [0.15, 0.2) is 5.69 Å². The van der Waals surface area contributed by atoms with Crippen LogP contribution in [0.1, 0.15) is 52.0 Å². The molecule has 0 bridgehead atoms. The third-order valence-corrected chi connectivity index (χ3v) is 7.29. The minimum atomic E-state index is -0.416. The molecule has 7 nitrogen and oxygen atoms in total. The Labute approximate surface area is 232 Å². The summed E-state index contributed by atoms with van der Waals surface area (Å²) in [5.41, 5.74) is 3.03. The summed E-state index contributed by atoms with van der Waals surface area (Å²) >= 11 is 6.08. The summed E-state index contributed by atoms with van der Waals surface area (Å²) < 4.78 is 1.56. The summed E-state index contributed by atoms with van der Waals surface area (Å²) in [5, 5.41) is 21.5. The number of carbonyl (C=O) groups excluding carboxylic acids is 2. The molecular weight excluding hydrogens is 510 g/mol. The zero-order valence-electron chi connectivity index (χ0n) is 21.6. The van der Waals surface area contributed by atoms with Gasteiger partial charge in [-0.25, -0.2) is 4.68 Å². The van der Waals surface area contributed by atoms with Crippen molar-refractivity contribution in [2.45, 2.75) is 31.6 Å². The highest BCUT2D eigenvalue weighted by Crippen LogP contribution is 2.48. The molecule has 1 aromatic heterocycles. The number of benzene rings is 3. The maximum atomic E-state index is 13.3. The van der Waals surface area contributed by atoms with Crippen LogP contribution < -0.4 is 10.6 Å². The van der Waals surface area contributed by atoms with Gasteiger partial charge in [0.2, 0.25) is 11.7 Å². The molecule has 0 saturated heterocycles. The number of aromatic nitrogens is 2. The number of hydrogen-bond donors (Lipinski definition) is 2. The molecular formula is C31H28ClN5O2. The van der Waals surface area contributed by atoms with Crippen LogP contribution in [-0.2, 0) is 10.2 Å². The highest BCUT2D eigenvalue weighted by molar-refractivity contribution is 6.30. The predicted molar refractivity (Wildman–Crippen MR) is 151 cm³/mol. The zero-order valence-corrected chi connectivity index (χ0v) is 22.3. The Bertz CT molecular complexity index is 1530. The minimum Gasteiger partial charge on any atom is -0.369 e. The van der Waals surface area contributed by atoms with Gasteiger partial charge in [-0.2, -0.15) is 10.4 Å². The third kappa shape index (κ3) is 5.43. The first kappa shape index (κ1) is 26.2. The number of nitrogens with one attached hydrogen (secondary N) is 2. The lowest BCUT2D eigenvalue weighted by atomic mass is 9.95. The molecule has 2 N–H and O–H groups in total. The molecule has 4 aromatic rings. The summed E-state index contributed by atoms with van der Waals surface area (Å²) in [6, 6.07) is 26.2. The lowest BCUT2D eigenvalue weighted by Gasteiger charge is -2.16. The van der Waals surface area contributed by atoms with Gasteiger partial charge in [-0.1, -0.05) is 71.8 Å². The Balaban J connectivity index is 1.32. The van der Waals surface area contributed by atoms with Crippen LogP contribution in [0, 0.1) is 18.3 Å². The number of rotatable bonds is 10. The first-order chi connectivity index (χ1) is 18.9. The lowest BCUT2D eigenvalue weighted by molar-refractivity contribution is -0.123. The molecule has 196 valence electrons. The van der Waals surface area contributed by atoms with Gasteiger partial charge in [-0.05, 0) is 56.0 Å². The predicted octanol–water partition coefficient (Wildman–Crippen LogP) is 5.59. The fourth-order valence-electron chi connectivity index (χ4n) is 4.65. The molecule has 1 aliphatic carbocycles. The molecule has 0 spiro atoms. The molecule has 0 unspecified atom stereocenters. The highest BCUT2D eigenvalue weighted by Gasteiger charge is 2.50. The molecule has 1 saturated carbocycles. The average molecular weight is 538 g/mol. The number of aryl methyl sites for hydroxylation is 1. The maximum Gasteiger partial charge on any atom is 0.230 e. The SMILES string of the molecule is Cc1ccc(C(=O)c2nn(-c3ccc(Cl)cc3)c(NCCCNC(=O)C3(c4ccccc4)CC3)c2C#N)cc1. The van der Waals surface area contributed by atoms with E-state index in [0.717, 1.165) is 24.0 Å². The first-order valence-electron chi connectivity index (χ1n) is 12.9. The van der Waals surface area contributed by atoms with Crippen LogP contribution in [0.4, 0.5) is 5.82 Å². The van der Waals surface area contributed by atoms with E-state index in [9.17, 15) is 14.9 Å². The number of carbonyl (C=O) groups is 2. The van der Waals surface area contributed by atoms with E-state index >= 15 is 0 Å². The Morgan fingerprint density at radius 1 is 1.00 bits per heavy atom. The maximum absolute atomic E-state index is 13.3. The van der Waals surface area contributed by atoms with Gasteiger partial charge in [-0.15, -0.1) is 0 Å². The van der Waals surface area contributed by atoms with Gasteiger partial charge in [-0.3, -0.25) is 9.59 Å². The molecule has 1 heterocycles. The van der Waals surface area contributed by atoms with Gasteiger partial charge in [0, 0.05) is 23.7 Å². The Morgan fingerprint density at radius 3 is 2.33 bits per heavy atom. The molecule has 1 fully saturated rings. The zero-order chi connectivity index (χ0) is 27.4. The average Bonchev–Trinajstić information content (AvgIpc) is 3.70. The third-order valence-electron chi connectivity index (χ3n) is 7.04. The molecule has 1 aliphatic rings. The quantitative estimate of drug-likeness (QED) is 0.203. The largest absolute Gasteiger partial charge is 0.369 e. The molecule has 0 atom stereocenters. The molecule has 5 rings (SSSR count). The lowest BCUT2D eigenvalue weighted by Crippen LogP contribution is -2.35. The normalized spacial score (nSPS) is 13.4. The van der Waals surface area contributed by atoms with Crippen molar-refractivity contribution in [1.82, 2.24) is 15.1 Å². The monoisotopic (exact) mass is 537 g/mol. The van der Waals surface area contributed by atoms with E-state index in [-0.39, 0.29) is 22.9 Å². The van der Waals surface area contributed by atoms with Crippen molar-refractivity contribution in [1.29, 1.82) is 5.26 Å². The fraction of sp³-hybridized carbons (Fsp3) is 0.226. The summed E-state index contributed by atoms with van der Waals surface area (Å²) in [5.74, 6) is 0.137. The van der Waals surface area contributed by atoms with Crippen LogP contribution in [0.15, 0.2) is 78.9 Å². The molecule has 39 heavy (non-hydrogen) atoms. The summed E-state index contributed by atoms with van der Waals surface area (Å²) in [6.45, 7) is 2.89. The van der Waals surface area contributed by atoms with Gasteiger partial charge in [0.05, 0.1) is 11.1 Å². The summed E-state index contributed by atoms with van der Waals surface area (Å²) in [4.78, 5) is 26.3. The number of nitriles is 1. The van der Waals surface area contributed by atoms with Crippen LogP contribution in [0.2, 0.25) is 5.02 Å². The van der Waals surface area contributed by atoms with Gasteiger partial charge in [0.1, 0.15) is 17.5 Å². The fourth-order valence-corrected chi connectivity index (χ4v) is 4.78. The molecule has 3 aromatic carbocycles. The Morgan fingerprint density at radius 2 is 1.69 bits per heavy atom. The first-order valence-corrected chi connectivity index (χ1v) is 13.3. The van der Waals surface area contributed by atoms with Gasteiger partial charge in [0.25, 0.3) is 0 Å². The second-order valence-electron chi connectivity index (χ2n) is 9.75. The number of nitrogens with zero attached hydrogens (tertiary/aromatic N) is 3. The van der Waals surface area contributed by atoms with Crippen molar-refractivity contribution in [2.75, 3.05) is 18.4 Å². The molecule has 8 heteroatoms. The smallest absolute Gasteiger partial charge is 0.230 e. The van der Waals surface area contributed by atoms with Crippen LogP contribution in [0.3, 0.4) is 0 Å². The van der Waals surface area contributed by atoms with E-state index in [2.05, 4.69) is 21.8 Å². The van der Waals surface area contributed by atoms with Crippen molar-refractivity contribution in [3.8, 4) is 11.8 Å². The number of ketones is 1. The van der Waals surface area contributed by atoms with E-state index in [1.54, 1.807) is 41.1 Å². The van der Waals surface area contributed by atoms with Gasteiger partial charge < -0.3 is 10.6 Å². The molecule has 1 amide bonds. The van der Waals surface area contributed by atoms with Crippen LogP contribution in [0.5, 0.6) is 0 Å². The second kappa shape index (κ2) is 11.1. The number of amides is 1. The standard InChI is InChI=1S/C31H28ClN5O2/c1-21-8-10-22(11-9-21)28(38)27-26(20-33)29(37(36-27)25-14-12-24(32)13-15-25)34-18-5-19-35-30(39)31(16-17-31)23-6-3-2-4-7-23/h2-4,6-15,34H,5,16-19H2,1H3,(H,35,39). The van der Waals surface area contributed by atoms with Crippen molar-refractivity contribution in [3.63, 3.8) is 0 Å².